The molecule has 1 aromatic carbocycles. The third-order valence-corrected chi connectivity index (χ3v) is 7.49. The SMILES string of the molecule is O=C([C@H]1C[C@H](Oc2cccc(F)c2)CN1C1CCOC1)N1CCCN(C2CCC2)CC1. The Morgan fingerprint density at radius 2 is 1.97 bits per heavy atom. The van der Waals surface area contributed by atoms with E-state index in [0.717, 1.165) is 51.7 Å². The van der Waals surface area contributed by atoms with Crippen molar-refractivity contribution in [2.24, 2.45) is 0 Å². The Kier molecular flexibility index (Phi) is 6.44. The van der Waals surface area contributed by atoms with E-state index in [0.29, 0.717) is 25.3 Å². The molecule has 1 aromatic rings. The van der Waals surface area contributed by atoms with Crippen molar-refractivity contribution in [2.75, 3.05) is 45.9 Å². The number of nitrogens with zero attached hydrogens (tertiary/aromatic N) is 3. The molecule has 1 saturated carbocycles. The molecule has 3 saturated heterocycles. The Hall–Kier alpha value is -1.70. The summed E-state index contributed by atoms with van der Waals surface area (Å²) in [4.78, 5) is 20.6. The van der Waals surface area contributed by atoms with Crippen LogP contribution in [0.1, 0.15) is 38.5 Å². The van der Waals surface area contributed by atoms with Crippen molar-refractivity contribution >= 4 is 5.91 Å². The first-order chi connectivity index (χ1) is 15.2. The van der Waals surface area contributed by atoms with Crippen LogP contribution in [0.25, 0.3) is 0 Å². The van der Waals surface area contributed by atoms with Crippen LogP contribution in [0.5, 0.6) is 5.75 Å². The lowest BCUT2D eigenvalue weighted by molar-refractivity contribution is -0.136. The summed E-state index contributed by atoms with van der Waals surface area (Å²) in [5.74, 6) is 0.462. The van der Waals surface area contributed by atoms with Gasteiger partial charge in [-0.2, -0.15) is 0 Å². The normalized spacial score (nSPS) is 30.9. The summed E-state index contributed by atoms with van der Waals surface area (Å²) >= 11 is 0. The molecule has 3 atom stereocenters. The van der Waals surface area contributed by atoms with Gasteiger partial charge in [-0.05, 0) is 37.8 Å². The highest BCUT2D eigenvalue weighted by atomic mass is 19.1. The highest BCUT2D eigenvalue weighted by molar-refractivity contribution is 5.82. The van der Waals surface area contributed by atoms with Crippen molar-refractivity contribution in [1.29, 1.82) is 0 Å². The molecule has 170 valence electrons. The predicted octanol–water partition coefficient (Wildman–Crippen LogP) is 2.52. The van der Waals surface area contributed by atoms with Crippen molar-refractivity contribution in [3.8, 4) is 5.75 Å². The fourth-order valence-corrected chi connectivity index (χ4v) is 5.55. The summed E-state index contributed by atoms with van der Waals surface area (Å²) in [6, 6.07) is 7.09. The third-order valence-electron chi connectivity index (χ3n) is 7.49. The average Bonchev–Trinajstić information content (AvgIpc) is 3.32. The maximum absolute atomic E-state index is 13.6. The molecule has 3 heterocycles. The first kappa shape index (κ1) is 21.2. The molecule has 1 aliphatic carbocycles. The average molecular weight is 432 g/mol. The number of benzene rings is 1. The van der Waals surface area contributed by atoms with Crippen LogP contribution in [-0.2, 0) is 9.53 Å². The van der Waals surface area contributed by atoms with Crippen molar-refractivity contribution in [3.05, 3.63) is 30.1 Å². The fourth-order valence-electron chi connectivity index (χ4n) is 5.55. The van der Waals surface area contributed by atoms with Gasteiger partial charge in [0.15, 0.2) is 0 Å². The van der Waals surface area contributed by atoms with E-state index < -0.39 is 0 Å². The number of carbonyl (C=O) groups excluding carboxylic acids is 1. The first-order valence-electron chi connectivity index (χ1n) is 12.0. The van der Waals surface area contributed by atoms with Gasteiger partial charge in [-0.25, -0.2) is 4.39 Å². The first-order valence-corrected chi connectivity index (χ1v) is 12.0. The Morgan fingerprint density at radius 1 is 1.06 bits per heavy atom. The molecule has 0 bridgehead atoms. The Balaban J connectivity index is 1.26. The smallest absolute Gasteiger partial charge is 0.240 e. The van der Waals surface area contributed by atoms with Crippen molar-refractivity contribution < 1.29 is 18.7 Å². The highest BCUT2D eigenvalue weighted by Crippen LogP contribution is 2.30. The molecule has 4 fully saturated rings. The van der Waals surface area contributed by atoms with Crippen LogP contribution in [0.15, 0.2) is 24.3 Å². The van der Waals surface area contributed by atoms with Gasteiger partial charge < -0.3 is 14.4 Å². The number of halogens is 1. The zero-order chi connectivity index (χ0) is 21.2. The maximum Gasteiger partial charge on any atom is 0.240 e. The van der Waals surface area contributed by atoms with E-state index in [-0.39, 0.29) is 29.9 Å². The van der Waals surface area contributed by atoms with Crippen LogP contribution in [0, 0.1) is 5.82 Å². The van der Waals surface area contributed by atoms with Gasteiger partial charge in [0.25, 0.3) is 0 Å². The number of carbonyl (C=O) groups is 1. The summed E-state index contributed by atoms with van der Waals surface area (Å²) in [6.45, 7) is 5.84. The number of rotatable bonds is 5. The highest BCUT2D eigenvalue weighted by Gasteiger charge is 2.44. The quantitative estimate of drug-likeness (QED) is 0.717. The van der Waals surface area contributed by atoms with E-state index in [9.17, 15) is 9.18 Å². The van der Waals surface area contributed by atoms with Crippen LogP contribution in [0.3, 0.4) is 0 Å². The molecule has 5 rings (SSSR count). The van der Waals surface area contributed by atoms with E-state index in [1.54, 1.807) is 12.1 Å². The van der Waals surface area contributed by atoms with Crippen LogP contribution >= 0.6 is 0 Å². The zero-order valence-corrected chi connectivity index (χ0v) is 18.3. The molecule has 0 N–H and O–H groups in total. The lowest BCUT2D eigenvalue weighted by Gasteiger charge is -2.37. The number of hydrogen-bond acceptors (Lipinski definition) is 5. The molecule has 31 heavy (non-hydrogen) atoms. The van der Waals surface area contributed by atoms with Crippen molar-refractivity contribution in [1.82, 2.24) is 14.7 Å². The minimum absolute atomic E-state index is 0.116. The van der Waals surface area contributed by atoms with E-state index in [1.165, 1.54) is 31.4 Å². The Morgan fingerprint density at radius 3 is 2.71 bits per heavy atom. The number of ether oxygens (including phenoxy) is 2. The lowest BCUT2D eigenvalue weighted by Crippen LogP contribution is -2.50. The molecular weight excluding hydrogens is 397 g/mol. The summed E-state index contributed by atoms with van der Waals surface area (Å²) < 4.78 is 25.3. The molecule has 4 aliphatic rings. The molecular formula is C24H34FN3O3. The van der Waals surface area contributed by atoms with Crippen LogP contribution in [0.4, 0.5) is 4.39 Å². The Bertz CT molecular complexity index is 768. The van der Waals surface area contributed by atoms with Crippen molar-refractivity contribution in [2.45, 2.75) is 62.8 Å². The van der Waals surface area contributed by atoms with Crippen LogP contribution < -0.4 is 4.74 Å². The molecule has 3 aliphatic heterocycles. The minimum Gasteiger partial charge on any atom is -0.489 e. The third kappa shape index (κ3) is 4.73. The molecule has 0 aromatic heterocycles. The fraction of sp³-hybridized carbons (Fsp3) is 0.708. The number of amides is 1. The summed E-state index contributed by atoms with van der Waals surface area (Å²) in [5, 5.41) is 0. The van der Waals surface area contributed by atoms with Gasteiger partial charge in [-0.15, -0.1) is 0 Å². The number of hydrogen-bond donors (Lipinski definition) is 0. The molecule has 6 nitrogen and oxygen atoms in total. The van der Waals surface area contributed by atoms with Crippen LogP contribution in [0.2, 0.25) is 0 Å². The van der Waals surface area contributed by atoms with E-state index >= 15 is 0 Å². The largest absolute Gasteiger partial charge is 0.489 e. The van der Waals surface area contributed by atoms with Gasteiger partial charge in [-0.1, -0.05) is 12.5 Å². The van der Waals surface area contributed by atoms with Gasteiger partial charge in [0, 0.05) is 63.9 Å². The molecule has 7 heteroatoms. The number of likely N-dealkylation sites (tertiary alicyclic amines) is 1. The van der Waals surface area contributed by atoms with Crippen molar-refractivity contribution in [3.63, 3.8) is 0 Å². The maximum atomic E-state index is 13.6. The monoisotopic (exact) mass is 431 g/mol. The standard InChI is InChI=1S/C24H34FN3O3/c25-18-4-1-7-21(14-18)31-22-15-23(28(16-22)20-8-13-30-17-20)24(29)27-10-3-9-26(11-12-27)19-5-2-6-19/h1,4,7,14,19-20,22-23H,2-3,5-6,8-13,15-17H2/t20?,22-,23+/m0/s1. The summed E-state index contributed by atoms with van der Waals surface area (Å²) in [7, 11) is 0. The molecule has 0 radical (unpaired) electrons. The molecule has 0 spiro atoms. The molecule has 1 amide bonds. The van der Waals surface area contributed by atoms with E-state index in [4.69, 9.17) is 9.47 Å². The molecule has 1 unspecified atom stereocenters. The summed E-state index contributed by atoms with van der Waals surface area (Å²) in [5.41, 5.74) is 0. The van der Waals surface area contributed by atoms with E-state index in [1.807, 2.05) is 0 Å². The van der Waals surface area contributed by atoms with Crippen LogP contribution in [-0.4, -0.2) is 90.8 Å². The Labute approximate surface area is 184 Å². The predicted molar refractivity (Wildman–Crippen MR) is 116 cm³/mol. The van der Waals surface area contributed by atoms with Gasteiger partial charge in [0.05, 0.1) is 12.6 Å². The second-order valence-corrected chi connectivity index (χ2v) is 9.46. The second kappa shape index (κ2) is 9.43. The zero-order valence-electron chi connectivity index (χ0n) is 18.3. The topological polar surface area (TPSA) is 45.2 Å². The van der Waals surface area contributed by atoms with Gasteiger partial charge in [-0.3, -0.25) is 14.6 Å². The second-order valence-electron chi connectivity index (χ2n) is 9.46. The van der Waals surface area contributed by atoms with E-state index in [2.05, 4.69) is 14.7 Å². The van der Waals surface area contributed by atoms with Gasteiger partial charge >= 0.3 is 0 Å². The summed E-state index contributed by atoms with van der Waals surface area (Å²) in [6.07, 6.45) is 6.49. The lowest BCUT2D eigenvalue weighted by atomic mass is 9.91. The van der Waals surface area contributed by atoms with Gasteiger partial charge in [0.2, 0.25) is 5.91 Å². The van der Waals surface area contributed by atoms with Gasteiger partial charge in [0.1, 0.15) is 17.7 Å². The minimum atomic E-state index is -0.301.